The largest absolute Gasteiger partial charge is 0.497 e. The summed E-state index contributed by atoms with van der Waals surface area (Å²) in [5.41, 5.74) is -1.49. The van der Waals surface area contributed by atoms with Gasteiger partial charge in [0.25, 0.3) is 0 Å². The minimum absolute atomic E-state index is 0.420. The van der Waals surface area contributed by atoms with Gasteiger partial charge in [-0.05, 0) is 17.7 Å². The number of esters is 2. The first-order valence-corrected chi connectivity index (χ1v) is 5.65. The highest BCUT2D eigenvalue weighted by molar-refractivity contribution is 5.89. The fourth-order valence-corrected chi connectivity index (χ4v) is 2.06. The monoisotopic (exact) mass is 266 g/mol. The van der Waals surface area contributed by atoms with Crippen molar-refractivity contribution in [3.63, 3.8) is 0 Å². The van der Waals surface area contributed by atoms with Crippen LogP contribution >= 0.6 is 0 Å². The number of hydrogen-bond acceptors (Lipinski definition) is 6. The summed E-state index contributed by atoms with van der Waals surface area (Å²) in [6.45, 7) is 0. The molecule has 1 fully saturated rings. The van der Waals surface area contributed by atoms with Gasteiger partial charge in [-0.15, -0.1) is 0 Å². The molecule has 0 aliphatic carbocycles. The van der Waals surface area contributed by atoms with E-state index in [9.17, 15) is 14.7 Å². The van der Waals surface area contributed by atoms with Crippen molar-refractivity contribution in [2.75, 3.05) is 14.2 Å². The Balaban J connectivity index is 2.35. The van der Waals surface area contributed by atoms with Crippen LogP contribution in [0.5, 0.6) is 5.75 Å². The van der Waals surface area contributed by atoms with Crippen LogP contribution in [-0.2, 0) is 19.1 Å². The number of methoxy groups -OCH3 is 2. The van der Waals surface area contributed by atoms with Gasteiger partial charge in [-0.2, -0.15) is 0 Å². The molecule has 2 atom stereocenters. The molecule has 1 aliphatic rings. The van der Waals surface area contributed by atoms with Crippen molar-refractivity contribution < 1.29 is 28.9 Å². The van der Waals surface area contributed by atoms with E-state index in [1.807, 2.05) is 0 Å². The summed E-state index contributed by atoms with van der Waals surface area (Å²) in [5.74, 6) is -0.914. The second-order valence-electron chi connectivity index (χ2n) is 4.24. The van der Waals surface area contributed by atoms with Gasteiger partial charge in [0.05, 0.1) is 20.6 Å². The summed E-state index contributed by atoms with van der Waals surface area (Å²) >= 11 is 0. The Kier molecular flexibility index (Phi) is 3.44. The lowest BCUT2D eigenvalue weighted by molar-refractivity contribution is -0.168. The van der Waals surface area contributed by atoms with Crippen molar-refractivity contribution in [3.8, 4) is 5.75 Å². The Morgan fingerprint density at radius 2 is 2.00 bits per heavy atom. The summed E-state index contributed by atoms with van der Waals surface area (Å²) < 4.78 is 14.6. The molecule has 1 aliphatic heterocycles. The lowest BCUT2D eigenvalue weighted by Crippen LogP contribution is -2.42. The first-order valence-electron chi connectivity index (χ1n) is 5.65. The normalized spacial score (nSPS) is 25.8. The number of aliphatic hydroxyl groups is 1. The van der Waals surface area contributed by atoms with E-state index in [-0.39, 0.29) is 0 Å². The summed E-state index contributed by atoms with van der Waals surface area (Å²) in [7, 11) is 2.67. The standard InChI is InChI=1S/C13H14O6/c1-17-9-5-3-8(4-6-9)11-13(16,12(15)18-2)7-10(14)19-11/h3-6,11,16H,7H2,1-2H3. The molecule has 1 N–H and O–H groups in total. The van der Waals surface area contributed by atoms with E-state index >= 15 is 0 Å². The molecule has 102 valence electrons. The molecule has 0 bridgehead atoms. The van der Waals surface area contributed by atoms with Gasteiger partial charge >= 0.3 is 11.9 Å². The molecular formula is C13H14O6. The van der Waals surface area contributed by atoms with Gasteiger partial charge in [0.15, 0.2) is 6.10 Å². The predicted octanol–water partition coefficient (Wildman–Crippen LogP) is 0.587. The number of carbonyl (C=O) groups excluding carboxylic acids is 2. The van der Waals surface area contributed by atoms with Crippen LogP contribution < -0.4 is 4.74 Å². The van der Waals surface area contributed by atoms with Crippen molar-refractivity contribution in [1.82, 2.24) is 0 Å². The van der Waals surface area contributed by atoms with E-state index in [2.05, 4.69) is 4.74 Å². The maximum absolute atomic E-state index is 11.7. The quantitative estimate of drug-likeness (QED) is 0.806. The number of carbonyl (C=O) groups is 2. The number of benzene rings is 1. The van der Waals surface area contributed by atoms with Crippen LogP contribution in [0.15, 0.2) is 24.3 Å². The number of ether oxygens (including phenoxy) is 3. The highest BCUT2D eigenvalue weighted by atomic mass is 16.6. The van der Waals surface area contributed by atoms with Crippen LogP contribution in [0.1, 0.15) is 18.1 Å². The van der Waals surface area contributed by atoms with Crippen molar-refractivity contribution >= 4 is 11.9 Å². The Bertz CT molecular complexity index is 494. The lowest BCUT2D eigenvalue weighted by atomic mass is 9.90. The fraction of sp³-hybridized carbons (Fsp3) is 0.385. The highest BCUT2D eigenvalue weighted by Crippen LogP contribution is 2.40. The minimum atomic E-state index is -1.99. The molecule has 6 heteroatoms. The Morgan fingerprint density at radius 1 is 1.37 bits per heavy atom. The molecule has 0 saturated carbocycles. The van der Waals surface area contributed by atoms with E-state index < -0.39 is 30.1 Å². The lowest BCUT2D eigenvalue weighted by Gasteiger charge is -2.24. The first-order chi connectivity index (χ1) is 9.01. The van der Waals surface area contributed by atoms with Crippen LogP contribution in [-0.4, -0.2) is 36.9 Å². The summed E-state index contributed by atoms with van der Waals surface area (Å²) in [5, 5.41) is 10.3. The smallest absolute Gasteiger partial charge is 0.342 e. The first kappa shape index (κ1) is 13.4. The third-order valence-electron chi connectivity index (χ3n) is 3.05. The van der Waals surface area contributed by atoms with Gasteiger partial charge in [-0.25, -0.2) is 4.79 Å². The molecule has 0 spiro atoms. The Labute approximate surface area is 109 Å². The zero-order valence-corrected chi connectivity index (χ0v) is 10.6. The maximum atomic E-state index is 11.7. The Morgan fingerprint density at radius 3 is 2.53 bits per heavy atom. The summed E-state index contributed by atoms with van der Waals surface area (Å²) in [4.78, 5) is 23.0. The van der Waals surface area contributed by atoms with E-state index in [0.717, 1.165) is 7.11 Å². The second kappa shape index (κ2) is 4.89. The van der Waals surface area contributed by atoms with Gasteiger partial charge in [0.2, 0.25) is 5.60 Å². The van der Waals surface area contributed by atoms with Gasteiger partial charge in [-0.3, -0.25) is 4.79 Å². The molecule has 1 aromatic carbocycles. The molecule has 1 heterocycles. The number of hydrogen-bond donors (Lipinski definition) is 1. The average Bonchev–Trinajstić information content (AvgIpc) is 2.74. The summed E-state index contributed by atoms with van der Waals surface area (Å²) in [6.07, 6.45) is -1.49. The second-order valence-corrected chi connectivity index (χ2v) is 4.24. The van der Waals surface area contributed by atoms with Crippen molar-refractivity contribution in [2.24, 2.45) is 0 Å². The van der Waals surface area contributed by atoms with Crippen LogP contribution in [0.2, 0.25) is 0 Å². The third-order valence-corrected chi connectivity index (χ3v) is 3.05. The Hall–Kier alpha value is -2.08. The molecule has 2 unspecified atom stereocenters. The molecule has 0 amide bonds. The average molecular weight is 266 g/mol. The van der Waals surface area contributed by atoms with Gasteiger partial charge in [-0.1, -0.05) is 12.1 Å². The molecular weight excluding hydrogens is 252 g/mol. The third kappa shape index (κ3) is 2.26. The van der Waals surface area contributed by atoms with Gasteiger partial charge in [0.1, 0.15) is 5.75 Å². The van der Waals surface area contributed by atoms with Crippen LogP contribution in [0.4, 0.5) is 0 Å². The summed E-state index contributed by atoms with van der Waals surface area (Å²) in [6, 6.07) is 6.55. The predicted molar refractivity (Wildman–Crippen MR) is 63.4 cm³/mol. The van der Waals surface area contributed by atoms with Gasteiger partial charge < -0.3 is 19.3 Å². The number of rotatable bonds is 3. The zero-order valence-electron chi connectivity index (χ0n) is 10.6. The molecule has 1 saturated heterocycles. The molecule has 0 radical (unpaired) electrons. The van der Waals surface area contributed by atoms with Gasteiger partial charge in [0, 0.05) is 0 Å². The fourth-order valence-electron chi connectivity index (χ4n) is 2.06. The minimum Gasteiger partial charge on any atom is -0.497 e. The van der Waals surface area contributed by atoms with Crippen LogP contribution in [0.3, 0.4) is 0 Å². The van der Waals surface area contributed by atoms with E-state index in [0.29, 0.717) is 11.3 Å². The highest BCUT2D eigenvalue weighted by Gasteiger charge is 2.55. The molecule has 2 rings (SSSR count). The zero-order chi connectivity index (χ0) is 14.0. The molecule has 1 aromatic rings. The van der Waals surface area contributed by atoms with E-state index in [1.165, 1.54) is 7.11 Å². The van der Waals surface area contributed by atoms with Crippen molar-refractivity contribution in [1.29, 1.82) is 0 Å². The van der Waals surface area contributed by atoms with Crippen molar-refractivity contribution in [3.05, 3.63) is 29.8 Å². The molecule has 6 nitrogen and oxygen atoms in total. The SMILES string of the molecule is COC(=O)C1(O)CC(=O)OC1c1ccc(OC)cc1. The maximum Gasteiger partial charge on any atom is 0.342 e. The topological polar surface area (TPSA) is 82.1 Å². The number of cyclic esters (lactones) is 1. The van der Waals surface area contributed by atoms with Crippen molar-refractivity contribution in [2.45, 2.75) is 18.1 Å². The van der Waals surface area contributed by atoms with E-state index in [4.69, 9.17) is 9.47 Å². The van der Waals surface area contributed by atoms with Crippen LogP contribution in [0, 0.1) is 0 Å². The van der Waals surface area contributed by atoms with Crippen LogP contribution in [0.25, 0.3) is 0 Å². The van der Waals surface area contributed by atoms with E-state index in [1.54, 1.807) is 24.3 Å². The molecule has 19 heavy (non-hydrogen) atoms. The molecule has 0 aromatic heterocycles.